The summed E-state index contributed by atoms with van der Waals surface area (Å²) in [5, 5.41) is 6.06. The summed E-state index contributed by atoms with van der Waals surface area (Å²) in [6.45, 7) is 2.73. The molecule has 2 N–H and O–H groups in total. The summed E-state index contributed by atoms with van der Waals surface area (Å²) in [5.41, 5.74) is 2.42. The van der Waals surface area contributed by atoms with Gasteiger partial charge in [0.15, 0.2) is 0 Å². The van der Waals surface area contributed by atoms with E-state index in [0.717, 1.165) is 42.0 Å². The molecule has 166 valence electrons. The molecule has 3 rings (SSSR count). The highest BCUT2D eigenvalue weighted by Gasteiger charge is 2.30. The van der Waals surface area contributed by atoms with E-state index in [9.17, 15) is 9.59 Å². The number of nitrogens with one attached hydrogen (secondary N) is 2. The van der Waals surface area contributed by atoms with E-state index in [1.54, 1.807) is 32.4 Å². The van der Waals surface area contributed by atoms with E-state index in [1.807, 2.05) is 25.1 Å². The number of carbonyl (C=O) groups is 2. The number of benzene rings is 2. The SMILES string of the molecule is COc1ccc(OC)c(C2CCCN2CC(=O)NCC(=O)Nc2cccc(Cl)c2C)c1. The third kappa shape index (κ3) is 5.68. The number of nitrogens with zero attached hydrogens (tertiary/aromatic N) is 1. The highest BCUT2D eigenvalue weighted by Crippen LogP contribution is 2.38. The molecule has 1 fully saturated rings. The highest BCUT2D eigenvalue weighted by molar-refractivity contribution is 6.31. The molecule has 1 saturated heterocycles. The Morgan fingerprint density at radius 3 is 2.71 bits per heavy atom. The van der Waals surface area contributed by atoms with E-state index >= 15 is 0 Å². The van der Waals surface area contributed by atoms with E-state index in [-0.39, 0.29) is 30.9 Å². The second kappa shape index (κ2) is 10.5. The van der Waals surface area contributed by atoms with Gasteiger partial charge in [-0.15, -0.1) is 0 Å². The number of rotatable bonds is 8. The maximum atomic E-state index is 12.5. The van der Waals surface area contributed by atoms with E-state index < -0.39 is 0 Å². The summed E-state index contributed by atoms with van der Waals surface area (Å²) in [4.78, 5) is 26.9. The van der Waals surface area contributed by atoms with Crippen molar-refractivity contribution < 1.29 is 19.1 Å². The first-order valence-corrected chi connectivity index (χ1v) is 10.6. The van der Waals surface area contributed by atoms with Crippen molar-refractivity contribution in [3.63, 3.8) is 0 Å². The highest BCUT2D eigenvalue weighted by atomic mass is 35.5. The largest absolute Gasteiger partial charge is 0.497 e. The number of likely N-dealkylation sites (tertiary alicyclic amines) is 1. The lowest BCUT2D eigenvalue weighted by molar-refractivity contribution is -0.125. The Bertz CT molecular complexity index is 950. The molecule has 31 heavy (non-hydrogen) atoms. The second-order valence-corrected chi connectivity index (χ2v) is 7.88. The Balaban J connectivity index is 1.57. The van der Waals surface area contributed by atoms with Crippen LogP contribution in [0.3, 0.4) is 0 Å². The summed E-state index contributed by atoms with van der Waals surface area (Å²) < 4.78 is 10.9. The quantitative estimate of drug-likeness (QED) is 0.649. The Kier molecular flexibility index (Phi) is 7.76. The molecule has 0 saturated carbocycles. The number of amides is 2. The molecule has 0 radical (unpaired) electrons. The molecular formula is C23H28ClN3O4. The van der Waals surface area contributed by atoms with Crippen LogP contribution in [-0.4, -0.2) is 50.6 Å². The number of anilines is 1. The lowest BCUT2D eigenvalue weighted by atomic mass is 10.0. The molecule has 2 aromatic carbocycles. The van der Waals surface area contributed by atoms with Gasteiger partial charge >= 0.3 is 0 Å². The van der Waals surface area contributed by atoms with Crippen LogP contribution in [0.25, 0.3) is 0 Å². The number of hydrogen-bond acceptors (Lipinski definition) is 5. The molecular weight excluding hydrogens is 418 g/mol. The molecule has 0 bridgehead atoms. The average molecular weight is 446 g/mol. The Morgan fingerprint density at radius 1 is 1.16 bits per heavy atom. The zero-order chi connectivity index (χ0) is 22.4. The number of halogens is 1. The van der Waals surface area contributed by atoms with Gasteiger partial charge in [0.2, 0.25) is 11.8 Å². The third-order valence-electron chi connectivity index (χ3n) is 5.49. The Morgan fingerprint density at radius 2 is 1.97 bits per heavy atom. The van der Waals surface area contributed by atoms with Crippen LogP contribution in [0.2, 0.25) is 5.02 Å². The maximum absolute atomic E-state index is 12.5. The minimum atomic E-state index is -0.300. The van der Waals surface area contributed by atoms with Gasteiger partial charge in [0.25, 0.3) is 0 Å². The van der Waals surface area contributed by atoms with Gasteiger partial charge in [-0.2, -0.15) is 0 Å². The fourth-order valence-corrected chi connectivity index (χ4v) is 4.00. The maximum Gasteiger partial charge on any atom is 0.243 e. The molecule has 1 unspecified atom stereocenters. The number of carbonyl (C=O) groups excluding carboxylic acids is 2. The predicted molar refractivity (Wildman–Crippen MR) is 121 cm³/mol. The number of hydrogen-bond donors (Lipinski definition) is 2. The molecule has 2 amide bonds. The monoisotopic (exact) mass is 445 g/mol. The van der Waals surface area contributed by atoms with Crippen LogP contribution in [0.4, 0.5) is 5.69 Å². The molecule has 7 nitrogen and oxygen atoms in total. The summed E-state index contributed by atoms with van der Waals surface area (Å²) in [5.74, 6) is 1.02. The molecule has 8 heteroatoms. The molecule has 1 heterocycles. The van der Waals surface area contributed by atoms with Crippen LogP contribution in [0.5, 0.6) is 11.5 Å². The fourth-order valence-electron chi connectivity index (χ4n) is 3.82. The molecule has 0 aliphatic carbocycles. The van der Waals surface area contributed by atoms with Gasteiger partial charge < -0.3 is 20.1 Å². The van der Waals surface area contributed by atoms with Gasteiger partial charge in [-0.1, -0.05) is 17.7 Å². The van der Waals surface area contributed by atoms with Crippen molar-refractivity contribution in [1.29, 1.82) is 0 Å². The van der Waals surface area contributed by atoms with Gasteiger partial charge in [-0.05, 0) is 62.2 Å². The van der Waals surface area contributed by atoms with Crippen molar-refractivity contribution in [2.45, 2.75) is 25.8 Å². The van der Waals surface area contributed by atoms with Crippen LogP contribution in [0, 0.1) is 6.92 Å². The molecule has 1 atom stereocenters. The van der Waals surface area contributed by atoms with Gasteiger partial charge in [-0.25, -0.2) is 0 Å². The number of methoxy groups -OCH3 is 2. The molecule has 1 aliphatic heterocycles. The van der Waals surface area contributed by atoms with Crippen LogP contribution in [0.1, 0.15) is 30.0 Å². The van der Waals surface area contributed by atoms with E-state index in [2.05, 4.69) is 15.5 Å². The van der Waals surface area contributed by atoms with Crippen molar-refractivity contribution >= 4 is 29.1 Å². The van der Waals surface area contributed by atoms with Crippen LogP contribution < -0.4 is 20.1 Å². The first-order chi connectivity index (χ1) is 14.9. The summed E-state index contributed by atoms with van der Waals surface area (Å²) in [7, 11) is 3.26. The van der Waals surface area contributed by atoms with Crippen LogP contribution >= 0.6 is 11.6 Å². The van der Waals surface area contributed by atoms with Gasteiger partial charge in [0.05, 0.1) is 27.3 Å². The van der Waals surface area contributed by atoms with E-state index in [4.69, 9.17) is 21.1 Å². The minimum absolute atomic E-state index is 0.0544. The van der Waals surface area contributed by atoms with E-state index in [0.29, 0.717) is 10.7 Å². The van der Waals surface area contributed by atoms with Crippen LogP contribution in [-0.2, 0) is 9.59 Å². The Labute approximate surface area is 187 Å². The fraction of sp³-hybridized carbons (Fsp3) is 0.391. The van der Waals surface area contributed by atoms with Gasteiger partial charge in [-0.3, -0.25) is 14.5 Å². The molecule has 1 aliphatic rings. The average Bonchev–Trinajstić information content (AvgIpc) is 3.22. The third-order valence-corrected chi connectivity index (χ3v) is 5.90. The summed E-state index contributed by atoms with van der Waals surface area (Å²) in [6.07, 6.45) is 1.90. The summed E-state index contributed by atoms with van der Waals surface area (Å²) >= 11 is 6.08. The van der Waals surface area contributed by atoms with Gasteiger partial charge in [0, 0.05) is 22.3 Å². The minimum Gasteiger partial charge on any atom is -0.497 e. The topological polar surface area (TPSA) is 79.9 Å². The zero-order valence-electron chi connectivity index (χ0n) is 18.0. The normalized spacial score (nSPS) is 16.1. The van der Waals surface area contributed by atoms with Crippen molar-refractivity contribution in [3.05, 3.63) is 52.5 Å². The van der Waals surface area contributed by atoms with Crippen LogP contribution in [0.15, 0.2) is 36.4 Å². The second-order valence-electron chi connectivity index (χ2n) is 7.47. The zero-order valence-corrected chi connectivity index (χ0v) is 18.8. The summed E-state index contributed by atoms with van der Waals surface area (Å²) in [6, 6.07) is 11.1. The molecule has 0 aromatic heterocycles. The standard InChI is InChI=1S/C23H28ClN3O4/c1-15-18(24)6-4-7-19(15)26-22(28)13-25-23(29)14-27-11-5-8-20(27)17-12-16(30-2)9-10-21(17)31-3/h4,6-7,9-10,12,20H,5,8,11,13-14H2,1-3H3,(H,25,29)(H,26,28). The van der Waals surface area contributed by atoms with Crippen molar-refractivity contribution in [1.82, 2.24) is 10.2 Å². The lowest BCUT2D eigenvalue weighted by Gasteiger charge is -2.26. The smallest absolute Gasteiger partial charge is 0.243 e. The number of ether oxygens (including phenoxy) is 2. The van der Waals surface area contributed by atoms with Crippen molar-refractivity contribution in [3.8, 4) is 11.5 Å². The molecule has 2 aromatic rings. The first kappa shape index (κ1) is 22.9. The Hall–Kier alpha value is -2.77. The lowest BCUT2D eigenvalue weighted by Crippen LogP contribution is -2.40. The van der Waals surface area contributed by atoms with Gasteiger partial charge in [0.1, 0.15) is 11.5 Å². The van der Waals surface area contributed by atoms with E-state index in [1.165, 1.54) is 0 Å². The molecule has 0 spiro atoms. The predicted octanol–water partition coefficient (Wildman–Crippen LogP) is 3.56. The first-order valence-electron chi connectivity index (χ1n) is 10.2. The van der Waals surface area contributed by atoms with Crippen molar-refractivity contribution in [2.75, 3.05) is 39.2 Å². The van der Waals surface area contributed by atoms with Crippen molar-refractivity contribution in [2.24, 2.45) is 0 Å².